The molecule has 1 aliphatic heterocycles. The second kappa shape index (κ2) is 4.63. The highest BCUT2D eigenvalue weighted by atomic mass is 32.1. The molecule has 1 saturated heterocycles. The minimum Gasteiger partial charge on any atom is -0.384 e. The van der Waals surface area contributed by atoms with Gasteiger partial charge in [0.1, 0.15) is 0 Å². The lowest BCUT2D eigenvalue weighted by Gasteiger charge is -2.09. The first kappa shape index (κ1) is 9.03. The zero-order valence-electron chi connectivity index (χ0n) is 7.66. The van der Waals surface area contributed by atoms with Gasteiger partial charge in [-0.1, -0.05) is 0 Å². The van der Waals surface area contributed by atoms with Gasteiger partial charge in [-0.15, -0.1) is 0 Å². The lowest BCUT2D eigenvalue weighted by molar-refractivity contribution is 0.107. The molecule has 72 valence electrons. The van der Waals surface area contributed by atoms with Gasteiger partial charge in [-0.3, -0.25) is 0 Å². The molecule has 1 aromatic rings. The number of ether oxygens (including phenoxy) is 1. The van der Waals surface area contributed by atoms with Gasteiger partial charge in [-0.05, 0) is 30.7 Å². The Morgan fingerprint density at radius 2 is 2.62 bits per heavy atom. The Hall–Kier alpha value is -0.540. The minimum absolute atomic E-state index is 0.506. The number of rotatable bonds is 4. The van der Waals surface area contributed by atoms with E-state index in [-0.39, 0.29) is 0 Å². The molecule has 0 aliphatic carbocycles. The van der Waals surface area contributed by atoms with Gasteiger partial charge in [0.2, 0.25) is 0 Å². The second-order valence-electron chi connectivity index (χ2n) is 3.36. The molecule has 0 bridgehead atoms. The molecule has 0 spiro atoms. The second-order valence-corrected chi connectivity index (χ2v) is 4.14. The first-order valence-corrected chi connectivity index (χ1v) is 5.77. The summed E-state index contributed by atoms with van der Waals surface area (Å²) in [6.45, 7) is 1.99. The third-order valence-electron chi connectivity index (χ3n) is 2.34. The van der Waals surface area contributed by atoms with E-state index < -0.39 is 0 Å². The quantitative estimate of drug-likeness (QED) is 0.801. The maximum absolute atomic E-state index is 5.53. The van der Waals surface area contributed by atoms with Gasteiger partial charge in [0, 0.05) is 24.2 Å². The number of anilines is 1. The van der Waals surface area contributed by atoms with Gasteiger partial charge < -0.3 is 10.1 Å². The molecule has 1 N–H and O–H groups in total. The van der Waals surface area contributed by atoms with E-state index in [9.17, 15) is 0 Å². The van der Waals surface area contributed by atoms with Crippen LogP contribution in [0.15, 0.2) is 16.8 Å². The van der Waals surface area contributed by atoms with Crippen LogP contribution >= 0.6 is 11.3 Å². The topological polar surface area (TPSA) is 21.3 Å². The van der Waals surface area contributed by atoms with Crippen LogP contribution in [0.2, 0.25) is 0 Å². The summed E-state index contributed by atoms with van der Waals surface area (Å²) in [5.74, 6) is 0. The van der Waals surface area contributed by atoms with Crippen LogP contribution in [0.1, 0.15) is 19.3 Å². The Balaban J connectivity index is 1.63. The molecular formula is C10H15NOS. The van der Waals surface area contributed by atoms with Gasteiger partial charge in [-0.25, -0.2) is 0 Å². The highest BCUT2D eigenvalue weighted by Crippen LogP contribution is 2.16. The molecule has 1 unspecified atom stereocenters. The lowest BCUT2D eigenvalue weighted by Crippen LogP contribution is -2.11. The lowest BCUT2D eigenvalue weighted by atomic mass is 10.2. The molecule has 1 fully saturated rings. The number of hydrogen-bond acceptors (Lipinski definition) is 3. The van der Waals surface area contributed by atoms with Gasteiger partial charge in [0.25, 0.3) is 0 Å². The van der Waals surface area contributed by atoms with Crippen LogP contribution in [0.4, 0.5) is 5.69 Å². The zero-order valence-corrected chi connectivity index (χ0v) is 8.48. The van der Waals surface area contributed by atoms with E-state index in [1.54, 1.807) is 11.3 Å². The molecule has 0 radical (unpaired) electrons. The molecule has 0 amide bonds. The van der Waals surface area contributed by atoms with Crippen molar-refractivity contribution in [1.82, 2.24) is 0 Å². The number of hydrogen-bond donors (Lipinski definition) is 1. The van der Waals surface area contributed by atoms with Gasteiger partial charge in [0.15, 0.2) is 0 Å². The summed E-state index contributed by atoms with van der Waals surface area (Å²) in [7, 11) is 0. The molecule has 1 atom stereocenters. The summed E-state index contributed by atoms with van der Waals surface area (Å²) >= 11 is 1.73. The Labute approximate surface area is 82.9 Å². The summed E-state index contributed by atoms with van der Waals surface area (Å²) in [5.41, 5.74) is 1.24. The van der Waals surface area contributed by atoms with Crippen LogP contribution in [0, 0.1) is 0 Å². The Bertz CT molecular complexity index is 229. The highest BCUT2D eigenvalue weighted by molar-refractivity contribution is 7.08. The van der Waals surface area contributed by atoms with Crippen molar-refractivity contribution in [3.8, 4) is 0 Å². The van der Waals surface area contributed by atoms with Crippen molar-refractivity contribution in [2.75, 3.05) is 18.5 Å². The fraction of sp³-hybridized carbons (Fsp3) is 0.600. The smallest absolute Gasteiger partial charge is 0.0592 e. The Kier molecular flexibility index (Phi) is 3.22. The first-order chi connectivity index (χ1) is 6.45. The summed E-state index contributed by atoms with van der Waals surface area (Å²) in [6.07, 6.45) is 4.12. The molecule has 2 heterocycles. The van der Waals surface area contributed by atoms with E-state index in [1.807, 2.05) is 0 Å². The molecule has 1 aliphatic rings. The molecule has 2 rings (SSSR count). The van der Waals surface area contributed by atoms with Gasteiger partial charge >= 0.3 is 0 Å². The maximum atomic E-state index is 5.53. The summed E-state index contributed by atoms with van der Waals surface area (Å²) in [5, 5.41) is 7.61. The van der Waals surface area contributed by atoms with E-state index in [1.165, 1.54) is 18.5 Å². The number of nitrogens with one attached hydrogen (secondary N) is 1. The Morgan fingerprint density at radius 1 is 1.62 bits per heavy atom. The Morgan fingerprint density at radius 3 is 3.31 bits per heavy atom. The minimum atomic E-state index is 0.506. The average Bonchev–Trinajstić information content (AvgIpc) is 2.75. The molecule has 0 saturated carbocycles. The van der Waals surface area contributed by atoms with Crippen molar-refractivity contribution >= 4 is 17.0 Å². The highest BCUT2D eigenvalue weighted by Gasteiger charge is 2.14. The monoisotopic (exact) mass is 197 g/mol. The van der Waals surface area contributed by atoms with Crippen LogP contribution in [0.5, 0.6) is 0 Å². The van der Waals surface area contributed by atoms with Gasteiger partial charge in [0.05, 0.1) is 6.10 Å². The summed E-state index contributed by atoms with van der Waals surface area (Å²) in [6, 6.07) is 2.11. The standard InChI is InChI=1S/C10H15NOS/c1-2-10(12-6-1)3-5-11-9-4-7-13-8-9/h4,7-8,10-11H,1-3,5-6H2. The molecule has 3 heteroatoms. The predicted octanol–water partition coefficient (Wildman–Crippen LogP) is 2.73. The normalized spacial score (nSPS) is 22.0. The zero-order chi connectivity index (χ0) is 8.93. The molecule has 1 aromatic heterocycles. The molecule has 13 heavy (non-hydrogen) atoms. The maximum Gasteiger partial charge on any atom is 0.0592 e. The van der Waals surface area contributed by atoms with Crippen LogP contribution in [0.3, 0.4) is 0 Å². The molecule has 0 aromatic carbocycles. The first-order valence-electron chi connectivity index (χ1n) is 4.83. The van der Waals surface area contributed by atoms with Crippen molar-refractivity contribution in [2.45, 2.75) is 25.4 Å². The summed E-state index contributed by atoms with van der Waals surface area (Å²) in [4.78, 5) is 0. The number of thiophene rings is 1. The average molecular weight is 197 g/mol. The van der Waals surface area contributed by atoms with Crippen molar-refractivity contribution in [3.63, 3.8) is 0 Å². The van der Waals surface area contributed by atoms with E-state index in [0.717, 1.165) is 19.6 Å². The van der Waals surface area contributed by atoms with Crippen molar-refractivity contribution in [3.05, 3.63) is 16.8 Å². The van der Waals surface area contributed by atoms with Gasteiger partial charge in [-0.2, -0.15) is 11.3 Å². The SMILES string of the molecule is c1cc(NCCC2CCCO2)cs1. The molecular weight excluding hydrogens is 182 g/mol. The van der Waals surface area contributed by atoms with E-state index >= 15 is 0 Å². The fourth-order valence-corrected chi connectivity index (χ4v) is 2.23. The summed E-state index contributed by atoms with van der Waals surface area (Å²) < 4.78 is 5.53. The predicted molar refractivity (Wildman–Crippen MR) is 56.4 cm³/mol. The van der Waals surface area contributed by atoms with Crippen molar-refractivity contribution < 1.29 is 4.74 Å². The van der Waals surface area contributed by atoms with Crippen LogP contribution in [-0.4, -0.2) is 19.3 Å². The molecule has 2 nitrogen and oxygen atoms in total. The van der Waals surface area contributed by atoms with Crippen molar-refractivity contribution in [2.24, 2.45) is 0 Å². The third-order valence-corrected chi connectivity index (χ3v) is 3.02. The van der Waals surface area contributed by atoms with Crippen molar-refractivity contribution in [1.29, 1.82) is 0 Å². The third kappa shape index (κ3) is 2.71. The van der Waals surface area contributed by atoms with Crippen LogP contribution in [-0.2, 0) is 4.74 Å². The largest absolute Gasteiger partial charge is 0.384 e. The van der Waals surface area contributed by atoms with Crippen LogP contribution < -0.4 is 5.32 Å². The van der Waals surface area contributed by atoms with E-state index in [2.05, 4.69) is 22.1 Å². The van der Waals surface area contributed by atoms with E-state index in [4.69, 9.17) is 4.74 Å². The van der Waals surface area contributed by atoms with Crippen LogP contribution in [0.25, 0.3) is 0 Å². The fourth-order valence-electron chi connectivity index (χ4n) is 1.61. The van der Waals surface area contributed by atoms with E-state index in [0.29, 0.717) is 6.10 Å².